The average Bonchev–Trinajstić information content (AvgIpc) is 2.04. The third kappa shape index (κ3) is 1.85. The number of halogens is 1. The molecule has 0 aromatic carbocycles. The number of methoxy groups -OCH3 is 1. The van der Waals surface area contributed by atoms with Crippen LogP contribution in [0.25, 0.3) is 0 Å². The lowest BCUT2D eigenvalue weighted by atomic mass is 9.89. The SMILES string of the molecule is COc1cnc(Cl)cc1[B]O. The van der Waals surface area contributed by atoms with Crippen molar-refractivity contribution in [1.29, 1.82) is 0 Å². The minimum atomic E-state index is 0.325. The van der Waals surface area contributed by atoms with Crippen molar-refractivity contribution < 1.29 is 9.76 Å². The molecular weight excluding hydrogens is 164 g/mol. The van der Waals surface area contributed by atoms with E-state index >= 15 is 0 Å². The van der Waals surface area contributed by atoms with Crippen molar-refractivity contribution in [3.05, 3.63) is 17.4 Å². The van der Waals surface area contributed by atoms with E-state index in [0.29, 0.717) is 16.4 Å². The summed E-state index contributed by atoms with van der Waals surface area (Å²) in [6.07, 6.45) is 1.45. The van der Waals surface area contributed by atoms with Crippen molar-refractivity contribution in [3.8, 4) is 5.75 Å². The summed E-state index contributed by atoms with van der Waals surface area (Å²) in [5, 5.41) is 9.01. The topological polar surface area (TPSA) is 42.4 Å². The molecule has 0 aliphatic rings. The summed E-state index contributed by atoms with van der Waals surface area (Å²) in [6.45, 7) is 0. The Morgan fingerprint density at radius 2 is 2.45 bits per heavy atom. The fourth-order valence-electron chi connectivity index (χ4n) is 0.703. The second kappa shape index (κ2) is 3.60. The van der Waals surface area contributed by atoms with Crippen molar-refractivity contribution in [2.75, 3.05) is 7.11 Å². The summed E-state index contributed by atoms with van der Waals surface area (Å²) in [5.41, 5.74) is 0.521. The van der Waals surface area contributed by atoms with Crippen LogP contribution in [0.4, 0.5) is 0 Å². The Labute approximate surface area is 70.2 Å². The van der Waals surface area contributed by atoms with Gasteiger partial charge in [-0.25, -0.2) is 4.98 Å². The highest BCUT2D eigenvalue weighted by atomic mass is 35.5. The van der Waals surface area contributed by atoms with Gasteiger partial charge in [0.05, 0.1) is 13.3 Å². The van der Waals surface area contributed by atoms with E-state index in [2.05, 4.69) is 4.98 Å². The minimum absolute atomic E-state index is 0.325. The Hall–Kier alpha value is -0.735. The molecule has 3 nitrogen and oxygen atoms in total. The van der Waals surface area contributed by atoms with Gasteiger partial charge in [-0.1, -0.05) is 11.6 Å². The molecule has 0 saturated heterocycles. The first-order valence-corrected chi connectivity index (χ1v) is 3.32. The lowest BCUT2D eigenvalue weighted by Gasteiger charge is -2.03. The molecule has 11 heavy (non-hydrogen) atoms. The number of nitrogens with zero attached hydrogens (tertiary/aromatic N) is 1. The van der Waals surface area contributed by atoms with Crippen LogP contribution in [0.15, 0.2) is 12.3 Å². The molecule has 0 fully saturated rings. The first kappa shape index (κ1) is 8.36. The molecule has 1 radical (unpaired) electrons. The van der Waals surface area contributed by atoms with Gasteiger partial charge >= 0.3 is 7.48 Å². The van der Waals surface area contributed by atoms with Gasteiger partial charge in [-0.2, -0.15) is 0 Å². The summed E-state index contributed by atoms with van der Waals surface area (Å²) < 4.78 is 4.88. The quantitative estimate of drug-likeness (QED) is 0.501. The number of hydrogen-bond acceptors (Lipinski definition) is 3. The summed E-state index contributed by atoms with van der Waals surface area (Å²) in [7, 11) is 2.42. The molecule has 1 aromatic rings. The van der Waals surface area contributed by atoms with Crippen LogP contribution in [0, 0.1) is 0 Å². The molecule has 0 atom stereocenters. The van der Waals surface area contributed by atoms with E-state index in [1.165, 1.54) is 19.4 Å². The summed E-state index contributed by atoms with van der Waals surface area (Å²) in [6, 6.07) is 1.51. The van der Waals surface area contributed by atoms with Gasteiger partial charge in [0, 0.05) is 0 Å². The predicted molar refractivity (Wildman–Crippen MR) is 43.4 cm³/mol. The number of rotatable bonds is 2. The molecule has 0 unspecified atom stereocenters. The zero-order valence-corrected chi connectivity index (χ0v) is 6.67. The molecule has 0 aliphatic heterocycles. The standard InChI is InChI=1S/C6H6BClNO2/c1-11-5-3-9-6(8)2-4(5)7-10/h2-3,10H,1H3. The molecule has 5 heteroatoms. The van der Waals surface area contributed by atoms with Gasteiger partial charge in [-0.05, 0) is 11.5 Å². The van der Waals surface area contributed by atoms with Crippen LogP contribution in [0.2, 0.25) is 5.15 Å². The van der Waals surface area contributed by atoms with Crippen LogP contribution in [-0.4, -0.2) is 24.6 Å². The first-order chi connectivity index (χ1) is 5.27. The van der Waals surface area contributed by atoms with Crippen LogP contribution >= 0.6 is 11.6 Å². The molecular formula is C6H6BClNO2. The average molecular weight is 170 g/mol. The smallest absolute Gasteiger partial charge is 0.330 e. The highest BCUT2D eigenvalue weighted by Crippen LogP contribution is 2.08. The minimum Gasteiger partial charge on any atom is -0.496 e. The molecule has 0 amide bonds. The normalized spacial score (nSPS) is 9.36. The zero-order chi connectivity index (χ0) is 8.27. The Kier molecular flexibility index (Phi) is 2.73. The van der Waals surface area contributed by atoms with Gasteiger partial charge in [0.15, 0.2) is 0 Å². The fourth-order valence-corrected chi connectivity index (χ4v) is 0.869. The second-order valence-corrected chi connectivity index (χ2v) is 2.27. The Morgan fingerprint density at radius 1 is 1.73 bits per heavy atom. The monoisotopic (exact) mass is 170 g/mol. The van der Waals surface area contributed by atoms with Crippen LogP contribution in [0.3, 0.4) is 0 Å². The largest absolute Gasteiger partial charge is 0.496 e. The van der Waals surface area contributed by atoms with E-state index < -0.39 is 0 Å². The molecule has 0 bridgehead atoms. The fraction of sp³-hybridized carbons (Fsp3) is 0.167. The van der Waals surface area contributed by atoms with Gasteiger partial charge in [-0.15, -0.1) is 0 Å². The third-order valence-electron chi connectivity index (χ3n) is 1.22. The van der Waals surface area contributed by atoms with Gasteiger partial charge in [0.25, 0.3) is 0 Å². The molecule has 57 valence electrons. The van der Waals surface area contributed by atoms with Crippen molar-refractivity contribution >= 4 is 24.5 Å². The van der Waals surface area contributed by atoms with E-state index in [-0.39, 0.29) is 0 Å². The Balaban J connectivity index is 3.06. The van der Waals surface area contributed by atoms with Gasteiger partial charge < -0.3 is 9.76 Å². The van der Waals surface area contributed by atoms with E-state index in [9.17, 15) is 0 Å². The molecule has 0 aliphatic carbocycles. The van der Waals surface area contributed by atoms with E-state index in [4.69, 9.17) is 21.4 Å². The van der Waals surface area contributed by atoms with Crippen LogP contribution in [-0.2, 0) is 0 Å². The molecule has 1 rings (SSSR count). The second-order valence-electron chi connectivity index (χ2n) is 1.88. The van der Waals surface area contributed by atoms with Gasteiger partial charge in [-0.3, -0.25) is 0 Å². The summed E-state index contributed by atoms with van der Waals surface area (Å²) >= 11 is 5.55. The number of hydrogen-bond donors (Lipinski definition) is 1. The number of aromatic nitrogens is 1. The summed E-state index contributed by atoms with van der Waals surface area (Å²) in [4.78, 5) is 3.77. The van der Waals surface area contributed by atoms with Crippen molar-refractivity contribution in [3.63, 3.8) is 0 Å². The number of pyridine rings is 1. The van der Waals surface area contributed by atoms with Crippen molar-refractivity contribution in [1.82, 2.24) is 4.98 Å². The molecule has 1 aromatic heterocycles. The molecule has 0 saturated carbocycles. The lowest BCUT2D eigenvalue weighted by Crippen LogP contribution is -2.16. The Bertz CT molecular complexity index is 256. The molecule has 1 N–H and O–H groups in total. The van der Waals surface area contributed by atoms with E-state index in [1.807, 2.05) is 0 Å². The maximum atomic E-state index is 8.68. The first-order valence-electron chi connectivity index (χ1n) is 2.95. The Morgan fingerprint density at radius 3 is 3.00 bits per heavy atom. The zero-order valence-electron chi connectivity index (χ0n) is 5.91. The van der Waals surface area contributed by atoms with Gasteiger partial charge in [0.1, 0.15) is 10.9 Å². The van der Waals surface area contributed by atoms with E-state index in [1.54, 1.807) is 0 Å². The third-order valence-corrected chi connectivity index (χ3v) is 1.43. The highest BCUT2D eigenvalue weighted by Gasteiger charge is 2.03. The predicted octanol–water partition coefficient (Wildman–Crippen LogP) is -0.0196. The van der Waals surface area contributed by atoms with Crippen LogP contribution in [0.5, 0.6) is 5.75 Å². The summed E-state index contributed by atoms with van der Waals surface area (Å²) in [5.74, 6) is 0.497. The van der Waals surface area contributed by atoms with Crippen molar-refractivity contribution in [2.45, 2.75) is 0 Å². The van der Waals surface area contributed by atoms with Crippen LogP contribution in [0.1, 0.15) is 0 Å². The maximum Gasteiger partial charge on any atom is 0.330 e. The van der Waals surface area contributed by atoms with Gasteiger partial charge in [0.2, 0.25) is 0 Å². The van der Waals surface area contributed by atoms with Crippen LogP contribution < -0.4 is 10.2 Å². The van der Waals surface area contributed by atoms with E-state index in [0.717, 1.165) is 7.48 Å². The molecule has 0 spiro atoms. The molecule has 1 heterocycles. The van der Waals surface area contributed by atoms with Crippen molar-refractivity contribution in [2.24, 2.45) is 0 Å². The maximum absolute atomic E-state index is 8.68. The number of ether oxygens (including phenoxy) is 1. The lowest BCUT2D eigenvalue weighted by molar-refractivity contribution is 0.415. The highest BCUT2D eigenvalue weighted by molar-refractivity contribution is 6.47.